The number of halogens is 4. The molecule has 0 bridgehead atoms. The highest BCUT2D eigenvalue weighted by Crippen LogP contribution is 2.35. The fraction of sp³-hybridized carbons (Fsp3) is 0.273. The molecule has 240 valence electrons. The molecule has 0 spiro atoms. The highest BCUT2D eigenvalue weighted by atomic mass is 35.5. The number of hydrazone groups is 1. The van der Waals surface area contributed by atoms with Crippen LogP contribution in [0.1, 0.15) is 62.2 Å². The molecule has 0 saturated carbocycles. The highest BCUT2D eigenvalue weighted by molar-refractivity contribution is 6.31. The summed E-state index contributed by atoms with van der Waals surface area (Å²) in [5.74, 6) is -1.09. The van der Waals surface area contributed by atoms with Gasteiger partial charge in [-0.1, -0.05) is 29.8 Å². The Morgan fingerprint density at radius 2 is 1.80 bits per heavy atom. The van der Waals surface area contributed by atoms with Crippen LogP contribution < -0.4 is 15.6 Å². The van der Waals surface area contributed by atoms with E-state index in [-0.39, 0.29) is 23.4 Å². The Labute approximate surface area is 268 Å². The topological polar surface area (TPSA) is 112 Å². The van der Waals surface area contributed by atoms with Gasteiger partial charge in [-0.2, -0.15) is 23.4 Å². The average molecular weight is 653 g/mol. The maximum absolute atomic E-state index is 13.4. The minimum Gasteiger partial charge on any atom is -0.396 e. The lowest BCUT2D eigenvalue weighted by Crippen LogP contribution is -2.30. The largest absolute Gasteiger partial charge is 0.417 e. The highest BCUT2D eigenvalue weighted by Gasteiger charge is 2.33. The summed E-state index contributed by atoms with van der Waals surface area (Å²) in [7, 11) is 0. The third-order valence-electron chi connectivity index (χ3n) is 7.51. The van der Waals surface area contributed by atoms with Gasteiger partial charge in [0.1, 0.15) is 0 Å². The number of carbonyl (C=O) groups is 2. The lowest BCUT2D eigenvalue weighted by Gasteiger charge is -2.29. The van der Waals surface area contributed by atoms with Gasteiger partial charge in [-0.15, -0.1) is 0 Å². The number of amides is 2. The molecular formula is C33H32ClF3N6O3. The van der Waals surface area contributed by atoms with Crippen molar-refractivity contribution in [3.63, 3.8) is 0 Å². The van der Waals surface area contributed by atoms with E-state index >= 15 is 0 Å². The van der Waals surface area contributed by atoms with Gasteiger partial charge in [0.2, 0.25) is 0 Å². The molecule has 46 heavy (non-hydrogen) atoms. The number of hydrogen-bond acceptors (Lipinski definition) is 6. The van der Waals surface area contributed by atoms with Crippen LogP contribution in [0, 0.1) is 0 Å². The molecule has 13 heteroatoms. The van der Waals surface area contributed by atoms with E-state index in [1.807, 2.05) is 18.3 Å². The van der Waals surface area contributed by atoms with Crippen molar-refractivity contribution in [2.45, 2.75) is 38.4 Å². The first-order valence-corrected chi connectivity index (χ1v) is 15.1. The number of hydrogen-bond donors (Lipinski definition) is 3. The van der Waals surface area contributed by atoms with Gasteiger partial charge in [-0.25, -0.2) is 5.43 Å². The fourth-order valence-electron chi connectivity index (χ4n) is 5.19. The molecular weight excluding hydrogens is 621 g/mol. The van der Waals surface area contributed by atoms with Crippen molar-refractivity contribution in [1.82, 2.24) is 15.2 Å². The fourth-order valence-corrected chi connectivity index (χ4v) is 5.41. The molecule has 0 unspecified atom stereocenters. The van der Waals surface area contributed by atoms with Crippen molar-refractivity contribution in [2.24, 2.45) is 5.10 Å². The van der Waals surface area contributed by atoms with Crippen molar-refractivity contribution in [1.29, 1.82) is 0 Å². The van der Waals surface area contributed by atoms with Gasteiger partial charge in [-0.05, 0) is 84.8 Å². The SMILES string of the molecule is O=C(Nc1ccc(N2CCCCC2)cc1C(=O)NN=Cc1ccc(Cl)c(C(F)(F)F)c1)c1cccc(Cn2cc(CCO)cn2)c1. The van der Waals surface area contributed by atoms with Crippen molar-refractivity contribution in [2.75, 3.05) is 29.9 Å². The number of aliphatic hydroxyl groups is 1. The molecule has 9 nitrogen and oxygen atoms in total. The van der Waals surface area contributed by atoms with Crippen LogP contribution in [0.4, 0.5) is 24.5 Å². The summed E-state index contributed by atoms with van der Waals surface area (Å²) in [6, 6.07) is 15.5. The maximum Gasteiger partial charge on any atom is 0.417 e. The van der Waals surface area contributed by atoms with E-state index in [9.17, 15) is 22.8 Å². The normalized spacial score (nSPS) is 13.6. The minimum atomic E-state index is -4.64. The number of aromatic nitrogens is 2. The van der Waals surface area contributed by atoms with Gasteiger partial charge in [0.25, 0.3) is 11.8 Å². The number of alkyl halides is 3. The molecule has 2 heterocycles. The summed E-state index contributed by atoms with van der Waals surface area (Å²) in [6.45, 7) is 2.10. The Balaban J connectivity index is 1.35. The number of benzene rings is 3. The van der Waals surface area contributed by atoms with E-state index < -0.39 is 28.6 Å². The zero-order valence-electron chi connectivity index (χ0n) is 24.7. The van der Waals surface area contributed by atoms with Gasteiger partial charge < -0.3 is 15.3 Å². The zero-order valence-corrected chi connectivity index (χ0v) is 25.5. The number of aliphatic hydroxyl groups excluding tert-OH is 1. The number of piperidine rings is 1. The Kier molecular flexibility index (Phi) is 10.4. The van der Waals surface area contributed by atoms with Gasteiger partial charge >= 0.3 is 6.18 Å². The summed E-state index contributed by atoms with van der Waals surface area (Å²) in [5.41, 5.74) is 4.75. The number of nitrogens with one attached hydrogen (secondary N) is 2. The molecule has 1 fully saturated rings. The second kappa shape index (κ2) is 14.6. The number of nitrogens with zero attached hydrogens (tertiary/aromatic N) is 4. The zero-order chi connectivity index (χ0) is 32.7. The van der Waals surface area contributed by atoms with E-state index in [1.165, 1.54) is 6.07 Å². The predicted octanol–water partition coefficient (Wildman–Crippen LogP) is 6.14. The summed E-state index contributed by atoms with van der Waals surface area (Å²) < 4.78 is 41.5. The molecule has 5 rings (SSSR count). The Bertz CT molecular complexity index is 1730. The lowest BCUT2D eigenvalue weighted by molar-refractivity contribution is -0.137. The summed E-state index contributed by atoms with van der Waals surface area (Å²) in [4.78, 5) is 28.9. The quantitative estimate of drug-likeness (QED) is 0.141. The first kappa shape index (κ1) is 32.7. The monoisotopic (exact) mass is 652 g/mol. The predicted molar refractivity (Wildman–Crippen MR) is 171 cm³/mol. The van der Waals surface area contributed by atoms with Gasteiger partial charge in [0, 0.05) is 37.1 Å². The van der Waals surface area contributed by atoms with Crippen molar-refractivity contribution in [3.05, 3.63) is 111 Å². The maximum atomic E-state index is 13.4. The van der Waals surface area contributed by atoms with E-state index in [0.717, 1.165) is 67.5 Å². The molecule has 3 aromatic carbocycles. The molecule has 1 aromatic heterocycles. The standard InChI is InChI=1S/C33H32ClF3N6O3/c34-29-9-7-22(16-28(29)33(35,36)37)18-38-41-32(46)27-17-26(42-12-2-1-3-13-42)8-10-30(27)40-31(45)25-6-4-5-23(15-25)20-43-21-24(11-14-44)19-39-43/h4-10,15-19,21,44H,1-3,11-14,20H2,(H,40,45)(H,41,46). The van der Waals surface area contributed by atoms with Crippen LogP contribution >= 0.6 is 11.6 Å². The summed E-state index contributed by atoms with van der Waals surface area (Å²) in [5, 5.41) is 19.7. The average Bonchev–Trinajstić information content (AvgIpc) is 3.48. The first-order chi connectivity index (χ1) is 22.1. The third kappa shape index (κ3) is 8.32. The molecule has 0 radical (unpaired) electrons. The Morgan fingerprint density at radius 1 is 1.00 bits per heavy atom. The van der Waals surface area contributed by atoms with Crippen molar-refractivity contribution >= 4 is 41.0 Å². The van der Waals surface area contributed by atoms with E-state index in [1.54, 1.807) is 41.2 Å². The first-order valence-electron chi connectivity index (χ1n) is 14.7. The molecule has 1 aliphatic rings. The second-order valence-electron chi connectivity index (χ2n) is 10.9. The van der Waals surface area contributed by atoms with Crippen LogP contribution in [0.3, 0.4) is 0 Å². The lowest BCUT2D eigenvalue weighted by atomic mass is 10.1. The Morgan fingerprint density at radius 3 is 2.57 bits per heavy atom. The van der Waals surface area contributed by atoms with Crippen LogP contribution in [0.2, 0.25) is 5.02 Å². The van der Waals surface area contributed by atoms with E-state index in [0.29, 0.717) is 18.5 Å². The van der Waals surface area contributed by atoms with Crippen molar-refractivity contribution < 1.29 is 27.9 Å². The van der Waals surface area contributed by atoms with Crippen LogP contribution in [0.5, 0.6) is 0 Å². The second-order valence-corrected chi connectivity index (χ2v) is 11.3. The molecule has 1 aliphatic heterocycles. The summed E-state index contributed by atoms with van der Waals surface area (Å²) in [6.07, 6.45) is 3.63. The minimum absolute atomic E-state index is 0.0257. The molecule has 0 atom stereocenters. The van der Waals surface area contributed by atoms with Crippen LogP contribution in [-0.4, -0.2) is 52.6 Å². The third-order valence-corrected chi connectivity index (χ3v) is 7.84. The molecule has 4 aromatic rings. The van der Waals surface area contributed by atoms with Gasteiger partial charge in [0.15, 0.2) is 0 Å². The van der Waals surface area contributed by atoms with Crippen LogP contribution in [-0.2, 0) is 19.1 Å². The van der Waals surface area contributed by atoms with E-state index in [2.05, 4.69) is 25.8 Å². The molecule has 2 amide bonds. The smallest absolute Gasteiger partial charge is 0.396 e. The van der Waals surface area contributed by atoms with E-state index in [4.69, 9.17) is 16.7 Å². The molecule has 3 N–H and O–H groups in total. The number of rotatable bonds is 10. The van der Waals surface area contributed by atoms with Crippen molar-refractivity contribution in [3.8, 4) is 0 Å². The Hall–Kier alpha value is -4.68. The van der Waals surface area contributed by atoms with Crippen LogP contribution in [0.15, 0.2) is 78.2 Å². The van der Waals surface area contributed by atoms with Gasteiger partial charge in [-0.3, -0.25) is 14.3 Å². The summed E-state index contributed by atoms with van der Waals surface area (Å²) >= 11 is 5.70. The number of carbonyl (C=O) groups excluding carboxylic acids is 2. The van der Waals surface area contributed by atoms with Crippen LogP contribution in [0.25, 0.3) is 0 Å². The number of anilines is 2. The molecule has 1 saturated heterocycles. The molecule has 0 aliphatic carbocycles. The van der Waals surface area contributed by atoms with Gasteiger partial charge in [0.05, 0.1) is 40.8 Å².